The van der Waals surface area contributed by atoms with Crippen LogP contribution in [0.3, 0.4) is 0 Å². The van der Waals surface area contributed by atoms with E-state index in [0.717, 1.165) is 70.8 Å². The van der Waals surface area contributed by atoms with E-state index in [1.165, 1.54) is 12.0 Å². The predicted octanol–water partition coefficient (Wildman–Crippen LogP) is 5.32. The summed E-state index contributed by atoms with van der Waals surface area (Å²) in [6, 6.07) is 16.1. The van der Waals surface area contributed by atoms with Gasteiger partial charge in [0.05, 0.1) is 24.8 Å². The van der Waals surface area contributed by atoms with Crippen molar-refractivity contribution in [3.8, 4) is 23.2 Å². The Morgan fingerprint density at radius 2 is 1.76 bits per heavy atom. The lowest BCUT2D eigenvalue weighted by molar-refractivity contribution is -0.129. The maximum absolute atomic E-state index is 15.2. The van der Waals surface area contributed by atoms with Crippen molar-refractivity contribution in [3.63, 3.8) is 0 Å². The fraction of sp³-hybridized carbons (Fsp3) is 0.514. The highest BCUT2D eigenvalue weighted by molar-refractivity contribution is 5.83. The molecule has 2 aliphatic heterocycles. The van der Waals surface area contributed by atoms with Gasteiger partial charge in [0.25, 0.3) is 0 Å². The number of carbonyl (C=O) groups excluding carboxylic acids is 1. The van der Waals surface area contributed by atoms with Crippen molar-refractivity contribution >= 4 is 23.1 Å². The zero-order valence-electron chi connectivity index (χ0n) is 26.0. The number of rotatable bonds is 9. The van der Waals surface area contributed by atoms with E-state index >= 15 is 4.39 Å². The second-order valence-corrected chi connectivity index (χ2v) is 12.9. The number of hydrogen-bond acceptors (Lipinski definition) is 10. The fourth-order valence-electron chi connectivity index (χ4n) is 7.20. The number of benzene rings is 2. The van der Waals surface area contributed by atoms with E-state index in [2.05, 4.69) is 48.3 Å². The van der Waals surface area contributed by atoms with Gasteiger partial charge in [0.2, 0.25) is 5.95 Å². The third kappa shape index (κ3) is 6.69. The number of nitriles is 1. The molecule has 2 aromatic carbocycles. The van der Waals surface area contributed by atoms with E-state index < -0.39 is 12.3 Å². The Morgan fingerprint density at radius 3 is 2.46 bits per heavy atom. The van der Waals surface area contributed by atoms with Crippen molar-refractivity contribution < 1.29 is 18.7 Å². The normalized spacial score (nSPS) is 24.3. The Hall–Kier alpha value is -4.14. The first-order chi connectivity index (χ1) is 22.5. The number of ether oxygens (including phenoxy) is 2. The molecule has 1 aromatic heterocycles. The molecule has 11 heteroatoms. The Balaban J connectivity index is 0.960. The summed E-state index contributed by atoms with van der Waals surface area (Å²) < 4.78 is 26.6. The summed E-state index contributed by atoms with van der Waals surface area (Å²) in [5.74, 6) is 1.22. The molecule has 0 bridgehead atoms. The first-order valence-electron chi connectivity index (χ1n) is 16.6. The lowest BCUT2D eigenvalue weighted by Gasteiger charge is -2.43. The van der Waals surface area contributed by atoms with Crippen LogP contribution < -0.4 is 15.0 Å². The average Bonchev–Trinajstić information content (AvgIpc) is 3.61. The first-order valence-corrected chi connectivity index (χ1v) is 16.6. The van der Waals surface area contributed by atoms with Crippen molar-refractivity contribution in [2.75, 3.05) is 49.6 Å². The van der Waals surface area contributed by atoms with Crippen molar-refractivity contribution in [2.45, 2.75) is 63.3 Å². The molecule has 3 atom stereocenters. The molecule has 2 aliphatic carbocycles. The topological polar surface area (TPSA) is 116 Å². The summed E-state index contributed by atoms with van der Waals surface area (Å²) in [5.41, 5.74) is 2.94. The smallest absolute Gasteiger partial charge is 0.230 e. The molecule has 1 N–H and O–H groups in total. The largest absolute Gasteiger partial charge is 0.486 e. The highest BCUT2D eigenvalue weighted by Crippen LogP contribution is 2.37. The minimum absolute atomic E-state index is 0.100. The second kappa shape index (κ2) is 13.7. The van der Waals surface area contributed by atoms with Crippen molar-refractivity contribution in [1.29, 1.82) is 5.26 Å². The van der Waals surface area contributed by atoms with Gasteiger partial charge in [-0.2, -0.15) is 10.2 Å². The van der Waals surface area contributed by atoms with Crippen LogP contribution in [-0.4, -0.2) is 83.3 Å². The molecule has 10 nitrogen and oxygen atoms in total. The number of anilines is 3. The minimum Gasteiger partial charge on any atom is -0.486 e. The number of ketones is 1. The summed E-state index contributed by atoms with van der Waals surface area (Å²) in [6.45, 7) is 5.78. The maximum Gasteiger partial charge on any atom is 0.230 e. The monoisotopic (exact) mass is 625 g/mol. The van der Waals surface area contributed by atoms with Crippen LogP contribution in [-0.2, 0) is 9.53 Å². The fourth-order valence-corrected chi connectivity index (χ4v) is 7.20. The number of nitrogens with one attached hydrogen (secondary N) is 1. The van der Waals surface area contributed by atoms with Crippen LogP contribution in [0.2, 0.25) is 0 Å². The highest BCUT2D eigenvalue weighted by Gasteiger charge is 2.38. The molecule has 240 valence electrons. The van der Waals surface area contributed by atoms with Crippen LogP contribution in [0.15, 0.2) is 48.8 Å². The number of aromatic nitrogens is 3. The lowest BCUT2D eigenvalue weighted by atomic mass is 9.79. The predicted molar refractivity (Wildman–Crippen MR) is 172 cm³/mol. The number of hydrogen-bond donors (Lipinski definition) is 1. The molecular weight excluding hydrogens is 585 g/mol. The average molecular weight is 626 g/mol. The van der Waals surface area contributed by atoms with Crippen LogP contribution in [0.4, 0.5) is 21.7 Å². The van der Waals surface area contributed by atoms with Crippen molar-refractivity contribution in [2.24, 2.45) is 11.8 Å². The lowest BCUT2D eigenvalue weighted by Crippen LogP contribution is -2.56. The van der Waals surface area contributed by atoms with Crippen LogP contribution in [0.25, 0.3) is 11.4 Å². The van der Waals surface area contributed by atoms with Crippen LogP contribution in [0, 0.1) is 23.2 Å². The molecule has 3 aromatic rings. The molecule has 4 fully saturated rings. The van der Waals surface area contributed by atoms with E-state index in [-0.39, 0.29) is 29.6 Å². The van der Waals surface area contributed by atoms with Gasteiger partial charge in [-0.05, 0) is 74.6 Å². The van der Waals surface area contributed by atoms with Gasteiger partial charge in [-0.1, -0.05) is 12.8 Å². The number of nitrogens with zero attached hydrogens (tertiary/aromatic N) is 6. The molecule has 0 spiro atoms. The van der Waals surface area contributed by atoms with Gasteiger partial charge in [-0.3, -0.25) is 9.69 Å². The highest BCUT2D eigenvalue weighted by atomic mass is 19.1. The van der Waals surface area contributed by atoms with Gasteiger partial charge in [-0.15, -0.1) is 0 Å². The third-order valence-corrected chi connectivity index (χ3v) is 10.0. The van der Waals surface area contributed by atoms with E-state index in [4.69, 9.17) is 9.47 Å². The Labute approximate surface area is 268 Å². The third-order valence-electron chi connectivity index (χ3n) is 10.0. The van der Waals surface area contributed by atoms with E-state index in [1.54, 1.807) is 18.2 Å². The van der Waals surface area contributed by atoms with Gasteiger partial charge in [-0.25, -0.2) is 14.4 Å². The molecule has 46 heavy (non-hydrogen) atoms. The Kier molecular flexibility index (Phi) is 9.08. The standard InChI is InChI=1S/C35H40FN7O3/c36-30-18-24(33(44)23-3-1-2-4-23)5-12-32(30)46-31-11-6-25(17-26(31)19-37)34-38-22-39-35(41-34)40-27-7-9-28(10-8-27)42-13-15-43(16-14-42)29-20-45-21-29/h6-11,17,22-24,29-30,32H,1-5,12-16,18,20-21H2,(H,38,39,40,41)/t24?,30-,32+/m1/s1. The van der Waals surface area contributed by atoms with E-state index in [0.29, 0.717) is 42.0 Å². The van der Waals surface area contributed by atoms with Crippen LogP contribution >= 0.6 is 0 Å². The number of piperazine rings is 1. The molecule has 4 aliphatic rings. The summed E-state index contributed by atoms with van der Waals surface area (Å²) in [6.07, 6.45) is 4.82. The van der Waals surface area contributed by atoms with E-state index in [1.807, 2.05) is 12.1 Å². The zero-order chi connectivity index (χ0) is 31.5. The van der Waals surface area contributed by atoms with Gasteiger partial charge >= 0.3 is 0 Å². The van der Waals surface area contributed by atoms with Gasteiger partial charge in [0, 0.05) is 55.0 Å². The number of Topliss-reactive ketones (excluding diaryl/α,β-unsaturated/α-hetero) is 1. The molecule has 0 radical (unpaired) electrons. The molecule has 7 rings (SSSR count). The summed E-state index contributed by atoms with van der Waals surface area (Å²) in [4.78, 5) is 30.9. The zero-order valence-corrected chi connectivity index (χ0v) is 26.0. The summed E-state index contributed by atoms with van der Waals surface area (Å²) in [7, 11) is 0. The van der Waals surface area contributed by atoms with Crippen molar-refractivity contribution in [1.82, 2.24) is 19.9 Å². The molecule has 0 amide bonds. The summed E-state index contributed by atoms with van der Waals surface area (Å²) in [5, 5.41) is 13.1. The molecule has 2 saturated carbocycles. The Bertz CT molecular complexity index is 1560. The van der Waals surface area contributed by atoms with Gasteiger partial charge in [0.15, 0.2) is 5.82 Å². The molecular formula is C35H40FN7O3. The molecule has 2 saturated heterocycles. The van der Waals surface area contributed by atoms with Crippen LogP contribution in [0.1, 0.15) is 50.5 Å². The minimum atomic E-state index is -1.25. The number of alkyl halides is 1. The number of carbonyl (C=O) groups is 1. The van der Waals surface area contributed by atoms with Crippen molar-refractivity contribution in [3.05, 3.63) is 54.4 Å². The van der Waals surface area contributed by atoms with Gasteiger partial charge < -0.3 is 19.7 Å². The maximum atomic E-state index is 15.2. The van der Waals surface area contributed by atoms with Gasteiger partial charge in [0.1, 0.15) is 36.2 Å². The second-order valence-electron chi connectivity index (χ2n) is 12.9. The Morgan fingerprint density at radius 1 is 0.978 bits per heavy atom. The van der Waals surface area contributed by atoms with E-state index in [9.17, 15) is 10.1 Å². The molecule has 3 heterocycles. The quantitative estimate of drug-likeness (QED) is 0.335. The van der Waals surface area contributed by atoms with Crippen LogP contribution in [0.5, 0.6) is 5.75 Å². The number of halogens is 1. The first kappa shape index (κ1) is 30.5. The molecule has 1 unspecified atom stereocenters. The SMILES string of the molecule is N#Cc1cc(-c2ncnc(Nc3ccc(N4CCN(C5COC5)CC4)cc3)n2)ccc1O[C@H]1CCC(C(=O)C2CCCC2)C[C@H]1F. The summed E-state index contributed by atoms with van der Waals surface area (Å²) >= 11 is 0.